The average molecular weight is 419 g/mol. The number of thiophene rings is 1. The molecule has 0 saturated heterocycles. The van der Waals surface area contributed by atoms with Crippen molar-refractivity contribution < 1.29 is 13.9 Å². The molecule has 5 nitrogen and oxygen atoms in total. The first-order valence-corrected chi connectivity index (χ1v) is 11.1. The van der Waals surface area contributed by atoms with Gasteiger partial charge in [-0.25, -0.2) is 9.37 Å². The number of aromatic nitrogens is 2. The summed E-state index contributed by atoms with van der Waals surface area (Å²) in [5.41, 5.74) is 1.74. The summed E-state index contributed by atoms with van der Waals surface area (Å²) < 4.78 is 18.3. The number of hydrogen-bond acceptors (Lipinski definition) is 6. The summed E-state index contributed by atoms with van der Waals surface area (Å²) in [4.78, 5) is 33.8. The molecule has 146 valence electrons. The van der Waals surface area contributed by atoms with Crippen LogP contribution in [0.25, 0.3) is 10.2 Å². The molecule has 0 amide bonds. The Morgan fingerprint density at radius 2 is 2.25 bits per heavy atom. The highest BCUT2D eigenvalue weighted by molar-refractivity contribution is 7.98. The van der Waals surface area contributed by atoms with E-state index in [0.29, 0.717) is 22.9 Å². The summed E-state index contributed by atoms with van der Waals surface area (Å²) in [6, 6.07) is 5.99. The molecule has 8 heteroatoms. The quantitative estimate of drug-likeness (QED) is 0.464. The number of esters is 1. The molecule has 0 saturated carbocycles. The van der Waals surface area contributed by atoms with E-state index in [1.807, 2.05) is 0 Å². The number of thioether (sulfide) groups is 1. The van der Waals surface area contributed by atoms with Crippen LogP contribution >= 0.6 is 23.1 Å². The van der Waals surface area contributed by atoms with E-state index in [4.69, 9.17) is 4.74 Å². The minimum absolute atomic E-state index is 0.0606. The molecule has 3 aromatic rings. The molecule has 2 heterocycles. The van der Waals surface area contributed by atoms with Crippen molar-refractivity contribution in [1.82, 2.24) is 9.97 Å². The van der Waals surface area contributed by atoms with Crippen LogP contribution in [0.15, 0.2) is 29.1 Å². The third-order valence-corrected chi connectivity index (χ3v) is 6.76. The second-order valence-electron chi connectivity index (χ2n) is 6.64. The van der Waals surface area contributed by atoms with E-state index in [-0.39, 0.29) is 30.4 Å². The standard InChI is InChI=1S/C20H19FN2O3S2/c21-13-4-1-3-12(9-13)10-26-17(24)7-8-27-11-16-22-19(25)18-14-5-2-6-15(14)28-20(18)23-16/h1,3-4,9H,2,5-8,10-11H2,(H,22,23,25). The smallest absolute Gasteiger partial charge is 0.306 e. The first-order chi connectivity index (χ1) is 13.6. The van der Waals surface area contributed by atoms with Gasteiger partial charge in [-0.3, -0.25) is 9.59 Å². The van der Waals surface area contributed by atoms with Gasteiger partial charge in [0.1, 0.15) is 23.1 Å². The number of H-pyrrole nitrogens is 1. The minimum atomic E-state index is -0.349. The molecule has 4 rings (SSSR count). The van der Waals surface area contributed by atoms with Gasteiger partial charge in [0, 0.05) is 10.6 Å². The number of aromatic amines is 1. The summed E-state index contributed by atoms with van der Waals surface area (Å²) in [5.74, 6) is 1.05. The zero-order valence-electron chi connectivity index (χ0n) is 15.1. The summed E-state index contributed by atoms with van der Waals surface area (Å²) in [6.07, 6.45) is 3.37. The van der Waals surface area contributed by atoms with E-state index in [0.717, 1.165) is 29.5 Å². The number of hydrogen-bond donors (Lipinski definition) is 1. The molecule has 0 fully saturated rings. The Hall–Kier alpha value is -2.19. The minimum Gasteiger partial charge on any atom is -0.461 e. The van der Waals surface area contributed by atoms with Gasteiger partial charge in [-0.2, -0.15) is 11.8 Å². The maximum atomic E-state index is 13.1. The van der Waals surface area contributed by atoms with Crippen molar-refractivity contribution in [3.8, 4) is 0 Å². The topological polar surface area (TPSA) is 72.0 Å². The van der Waals surface area contributed by atoms with Gasteiger partial charge >= 0.3 is 5.97 Å². The highest BCUT2D eigenvalue weighted by atomic mass is 32.2. The number of aryl methyl sites for hydroxylation is 2. The van der Waals surface area contributed by atoms with Crippen molar-refractivity contribution in [3.05, 3.63) is 62.3 Å². The summed E-state index contributed by atoms with van der Waals surface area (Å²) in [6.45, 7) is 0.0653. The number of benzene rings is 1. The molecule has 1 aliphatic rings. The first-order valence-electron chi connectivity index (χ1n) is 9.11. The predicted octanol–water partition coefficient (Wildman–Crippen LogP) is 3.98. The van der Waals surface area contributed by atoms with Gasteiger partial charge in [0.25, 0.3) is 5.56 Å². The van der Waals surface area contributed by atoms with Crippen LogP contribution in [0.5, 0.6) is 0 Å². The maximum Gasteiger partial charge on any atom is 0.306 e. The van der Waals surface area contributed by atoms with E-state index >= 15 is 0 Å². The normalized spacial score (nSPS) is 13.0. The number of ether oxygens (including phenoxy) is 1. The van der Waals surface area contributed by atoms with Crippen LogP contribution in [-0.2, 0) is 34.7 Å². The number of nitrogens with one attached hydrogen (secondary N) is 1. The van der Waals surface area contributed by atoms with E-state index in [1.54, 1.807) is 23.5 Å². The number of rotatable bonds is 7. The SMILES string of the molecule is O=C(CCSCc1nc2sc3c(c2c(=O)[nH]1)CCC3)OCc1cccc(F)c1. The van der Waals surface area contributed by atoms with Crippen molar-refractivity contribution in [2.45, 2.75) is 38.0 Å². The molecule has 0 unspecified atom stereocenters. The third kappa shape index (κ3) is 4.28. The zero-order valence-corrected chi connectivity index (χ0v) is 16.8. The Morgan fingerprint density at radius 1 is 1.36 bits per heavy atom. The molecule has 0 atom stereocenters. The molecule has 28 heavy (non-hydrogen) atoms. The van der Waals surface area contributed by atoms with E-state index in [2.05, 4.69) is 9.97 Å². The lowest BCUT2D eigenvalue weighted by molar-refractivity contribution is -0.144. The molecule has 0 radical (unpaired) electrons. The molecule has 2 aromatic heterocycles. The Morgan fingerprint density at radius 3 is 3.11 bits per heavy atom. The second-order valence-corrected chi connectivity index (χ2v) is 8.83. The Bertz CT molecular complexity index is 1080. The number of carbonyl (C=O) groups is 1. The van der Waals surface area contributed by atoms with Crippen molar-refractivity contribution in [2.24, 2.45) is 0 Å². The summed E-state index contributed by atoms with van der Waals surface area (Å²) in [7, 11) is 0. The van der Waals surface area contributed by atoms with Crippen molar-refractivity contribution in [2.75, 3.05) is 5.75 Å². The first kappa shape index (κ1) is 19.1. The highest BCUT2D eigenvalue weighted by Crippen LogP contribution is 2.34. The fourth-order valence-corrected chi connectivity index (χ4v) is 5.37. The number of carbonyl (C=O) groups excluding carboxylic acids is 1. The summed E-state index contributed by atoms with van der Waals surface area (Å²) >= 11 is 3.14. The van der Waals surface area contributed by atoms with Gasteiger partial charge in [0.15, 0.2) is 0 Å². The van der Waals surface area contributed by atoms with Crippen molar-refractivity contribution in [1.29, 1.82) is 0 Å². The zero-order chi connectivity index (χ0) is 19.5. The Balaban J connectivity index is 1.26. The van der Waals surface area contributed by atoms with Crippen LogP contribution in [0.3, 0.4) is 0 Å². The van der Waals surface area contributed by atoms with Gasteiger partial charge in [-0.1, -0.05) is 12.1 Å². The molecular formula is C20H19FN2O3S2. The monoisotopic (exact) mass is 418 g/mol. The lowest BCUT2D eigenvalue weighted by Crippen LogP contribution is -2.11. The van der Waals surface area contributed by atoms with Gasteiger partial charge in [0.2, 0.25) is 0 Å². The lowest BCUT2D eigenvalue weighted by atomic mass is 10.2. The van der Waals surface area contributed by atoms with Gasteiger partial charge < -0.3 is 9.72 Å². The Labute approximate surface area is 169 Å². The van der Waals surface area contributed by atoms with Crippen LogP contribution in [0.1, 0.15) is 34.7 Å². The number of fused-ring (bicyclic) bond motifs is 3. The third-order valence-electron chi connectivity index (χ3n) is 4.60. The second kappa shape index (κ2) is 8.45. The number of halogens is 1. The highest BCUT2D eigenvalue weighted by Gasteiger charge is 2.21. The fraction of sp³-hybridized carbons (Fsp3) is 0.350. The van der Waals surface area contributed by atoms with Crippen LogP contribution in [0.2, 0.25) is 0 Å². The molecular weight excluding hydrogens is 399 g/mol. The lowest BCUT2D eigenvalue weighted by Gasteiger charge is -2.05. The molecule has 1 aromatic carbocycles. The maximum absolute atomic E-state index is 13.1. The molecule has 0 spiro atoms. The summed E-state index contributed by atoms with van der Waals surface area (Å²) in [5, 5.41) is 0.757. The molecule has 1 N–H and O–H groups in total. The average Bonchev–Trinajstić information content (AvgIpc) is 3.24. The van der Waals surface area contributed by atoms with E-state index < -0.39 is 0 Å². The van der Waals surface area contributed by atoms with Crippen LogP contribution in [0, 0.1) is 5.82 Å². The van der Waals surface area contributed by atoms with Crippen molar-refractivity contribution in [3.63, 3.8) is 0 Å². The largest absolute Gasteiger partial charge is 0.461 e. The molecule has 1 aliphatic carbocycles. The van der Waals surface area contributed by atoms with Crippen LogP contribution in [0.4, 0.5) is 4.39 Å². The van der Waals surface area contributed by atoms with E-state index in [1.165, 1.54) is 34.3 Å². The molecule has 0 bridgehead atoms. The fourth-order valence-electron chi connectivity index (χ4n) is 3.30. The van der Waals surface area contributed by atoms with Gasteiger partial charge in [-0.05, 0) is 42.5 Å². The van der Waals surface area contributed by atoms with E-state index in [9.17, 15) is 14.0 Å². The van der Waals surface area contributed by atoms with Crippen LogP contribution in [-0.4, -0.2) is 21.7 Å². The van der Waals surface area contributed by atoms with Gasteiger partial charge in [0.05, 0.1) is 17.6 Å². The number of nitrogens with zero attached hydrogens (tertiary/aromatic N) is 1. The Kier molecular flexibility index (Phi) is 5.77. The van der Waals surface area contributed by atoms with Crippen molar-refractivity contribution >= 4 is 39.3 Å². The molecule has 0 aliphatic heterocycles. The predicted molar refractivity (Wildman–Crippen MR) is 109 cm³/mol. The van der Waals surface area contributed by atoms with Gasteiger partial charge in [-0.15, -0.1) is 11.3 Å². The van der Waals surface area contributed by atoms with Crippen LogP contribution < -0.4 is 5.56 Å².